The van der Waals surface area contributed by atoms with Gasteiger partial charge in [-0.25, -0.2) is 0 Å². The largest absolute Gasteiger partial charge is 0.459 e. The Labute approximate surface area is 315 Å². The van der Waals surface area contributed by atoms with E-state index in [1.165, 1.54) is 0 Å². The quantitative estimate of drug-likeness (QED) is 0.349. The third-order valence-corrected chi connectivity index (χ3v) is 12.0. The molecule has 0 aromatic heterocycles. The molecule has 3 aliphatic heterocycles. The Hall–Kier alpha value is -2.84. The minimum absolute atomic E-state index is 0.0593. The molecule has 0 aliphatic carbocycles. The molecular formula is C41H63N3O9. The Morgan fingerprint density at radius 2 is 1.68 bits per heavy atom. The number of ether oxygens (including phenoxy) is 5. The summed E-state index contributed by atoms with van der Waals surface area (Å²) in [7, 11) is 5.45. The predicted octanol–water partition coefficient (Wildman–Crippen LogP) is 4.88. The SMILES string of the molecule is CC[C@H]1OC(=O)[C@H](C)[C@@H](O)[C@H](C)[C@@H](O[C@@H]2O[C@H](C)C[C@H](N(C)C)[C@H]2O)[C@](C)(OC)C[C@@H](C)CN2C(=Nc3cccc4ccccc34)O[C@H]([C@H]2C)[C@]1(C)O. The summed E-state index contributed by atoms with van der Waals surface area (Å²) in [5.41, 5.74) is -1.90. The number of aliphatic hydroxyl groups is 3. The molecular weight excluding hydrogens is 678 g/mol. The maximum Gasteiger partial charge on any atom is 0.311 e. The number of cyclic esters (lactones) is 1. The number of benzene rings is 2. The van der Waals surface area contributed by atoms with Crippen LogP contribution in [0.5, 0.6) is 0 Å². The van der Waals surface area contributed by atoms with Gasteiger partial charge in [-0.3, -0.25) is 4.79 Å². The summed E-state index contributed by atoms with van der Waals surface area (Å²) in [4.78, 5) is 23.0. The Bertz CT molecular complexity index is 1580. The highest BCUT2D eigenvalue weighted by atomic mass is 16.7. The van der Waals surface area contributed by atoms with E-state index >= 15 is 0 Å². The number of hydrogen-bond donors (Lipinski definition) is 3. The van der Waals surface area contributed by atoms with Gasteiger partial charge in [0, 0.05) is 31.0 Å². The van der Waals surface area contributed by atoms with E-state index in [4.69, 9.17) is 28.7 Å². The van der Waals surface area contributed by atoms with E-state index < -0.39 is 65.8 Å². The molecule has 12 heteroatoms. The number of carbonyl (C=O) groups is 1. The summed E-state index contributed by atoms with van der Waals surface area (Å²) >= 11 is 0. The zero-order chi connectivity index (χ0) is 39.0. The van der Waals surface area contributed by atoms with Crippen LogP contribution in [0, 0.1) is 17.8 Å². The van der Waals surface area contributed by atoms with E-state index in [0.717, 1.165) is 16.5 Å². The minimum atomic E-state index is -1.61. The van der Waals surface area contributed by atoms with Crippen molar-refractivity contribution in [2.24, 2.45) is 22.7 Å². The average molecular weight is 742 g/mol. The summed E-state index contributed by atoms with van der Waals surface area (Å²) in [5.74, 6) is -2.37. The highest BCUT2D eigenvalue weighted by molar-refractivity contribution is 5.95. The van der Waals surface area contributed by atoms with Crippen molar-refractivity contribution < 1.29 is 43.8 Å². The molecule has 3 fully saturated rings. The summed E-state index contributed by atoms with van der Waals surface area (Å²) in [6.45, 7) is 15.4. The van der Waals surface area contributed by atoms with Crippen molar-refractivity contribution >= 4 is 28.5 Å². The van der Waals surface area contributed by atoms with Crippen molar-refractivity contribution in [2.45, 2.75) is 141 Å². The lowest BCUT2D eigenvalue weighted by Gasteiger charge is -2.48. The number of fused-ring (bicyclic) bond motifs is 3. The molecule has 3 heterocycles. The lowest BCUT2D eigenvalue weighted by molar-refractivity contribution is -0.301. The average Bonchev–Trinajstić information content (AvgIpc) is 3.43. The van der Waals surface area contributed by atoms with Gasteiger partial charge in [0.15, 0.2) is 12.4 Å². The highest BCUT2D eigenvalue weighted by Gasteiger charge is 2.54. The van der Waals surface area contributed by atoms with Gasteiger partial charge in [-0.15, -0.1) is 0 Å². The van der Waals surface area contributed by atoms with E-state index in [1.54, 1.807) is 21.0 Å². The van der Waals surface area contributed by atoms with Crippen LogP contribution >= 0.6 is 0 Å². The first kappa shape index (κ1) is 41.3. The van der Waals surface area contributed by atoms with E-state index in [0.29, 0.717) is 31.8 Å². The van der Waals surface area contributed by atoms with E-state index in [-0.39, 0.29) is 24.1 Å². The van der Waals surface area contributed by atoms with Crippen molar-refractivity contribution in [1.82, 2.24) is 9.80 Å². The first-order chi connectivity index (χ1) is 24.9. The highest BCUT2D eigenvalue weighted by Crippen LogP contribution is 2.40. The third kappa shape index (κ3) is 8.39. The topological polar surface area (TPSA) is 143 Å². The molecule has 5 rings (SSSR count). The molecule has 0 radical (unpaired) electrons. The molecule has 0 saturated carbocycles. The van der Waals surface area contributed by atoms with Crippen molar-refractivity contribution in [3.8, 4) is 0 Å². The van der Waals surface area contributed by atoms with Gasteiger partial charge in [-0.1, -0.05) is 57.2 Å². The number of nitrogens with zero attached hydrogens (tertiary/aromatic N) is 3. The molecule has 53 heavy (non-hydrogen) atoms. The molecule has 2 bridgehead atoms. The summed E-state index contributed by atoms with van der Waals surface area (Å²) in [6.07, 6.45) is -4.56. The van der Waals surface area contributed by atoms with E-state index in [2.05, 4.69) is 11.8 Å². The van der Waals surface area contributed by atoms with Crippen LogP contribution in [0.15, 0.2) is 47.5 Å². The first-order valence-electron chi connectivity index (χ1n) is 19.2. The Kier molecular flexibility index (Phi) is 12.9. The third-order valence-electron chi connectivity index (χ3n) is 12.0. The first-order valence-corrected chi connectivity index (χ1v) is 19.2. The van der Waals surface area contributed by atoms with Gasteiger partial charge in [0.1, 0.15) is 17.8 Å². The summed E-state index contributed by atoms with van der Waals surface area (Å²) in [6, 6.07) is 13.8. The van der Waals surface area contributed by atoms with Crippen molar-refractivity contribution in [2.75, 3.05) is 27.7 Å². The molecule has 0 unspecified atom stereocenters. The number of amidine groups is 1. The number of methoxy groups -OCH3 is 1. The van der Waals surface area contributed by atoms with Crippen molar-refractivity contribution in [3.05, 3.63) is 42.5 Å². The summed E-state index contributed by atoms with van der Waals surface area (Å²) in [5, 5.41) is 37.6. The van der Waals surface area contributed by atoms with Crippen LogP contribution < -0.4 is 0 Å². The number of carbonyl (C=O) groups excluding carboxylic acids is 1. The normalized spacial score (nSPS) is 41.2. The molecule has 2 aromatic carbocycles. The summed E-state index contributed by atoms with van der Waals surface area (Å²) < 4.78 is 32.0. The molecule has 0 spiro atoms. The lowest BCUT2D eigenvalue weighted by atomic mass is 9.77. The molecule has 3 N–H and O–H groups in total. The number of aliphatic imine (C=N–C) groups is 1. The van der Waals surface area contributed by atoms with E-state index in [1.807, 2.05) is 96.1 Å². The van der Waals surface area contributed by atoms with Gasteiger partial charge in [-0.2, -0.15) is 4.99 Å². The molecule has 3 saturated heterocycles. The number of hydrogen-bond acceptors (Lipinski definition) is 11. The van der Waals surface area contributed by atoms with Crippen LogP contribution in [0.1, 0.15) is 74.7 Å². The molecule has 2 aromatic rings. The van der Waals surface area contributed by atoms with Gasteiger partial charge < -0.3 is 48.8 Å². The lowest BCUT2D eigenvalue weighted by Crippen LogP contribution is -2.59. The second kappa shape index (κ2) is 16.5. The monoisotopic (exact) mass is 741 g/mol. The van der Waals surface area contributed by atoms with E-state index in [9.17, 15) is 20.1 Å². The van der Waals surface area contributed by atoms with Crippen LogP contribution in [-0.4, -0.2) is 131 Å². The number of rotatable bonds is 6. The zero-order valence-corrected chi connectivity index (χ0v) is 33.4. The second-order valence-corrected chi connectivity index (χ2v) is 16.5. The molecule has 3 aliphatic rings. The molecule has 14 atom stereocenters. The second-order valence-electron chi connectivity index (χ2n) is 16.5. The Balaban J connectivity index is 1.59. The van der Waals surface area contributed by atoms with Gasteiger partial charge in [0.25, 0.3) is 6.02 Å². The Morgan fingerprint density at radius 3 is 2.34 bits per heavy atom. The van der Waals surface area contributed by atoms with Gasteiger partial charge in [0.2, 0.25) is 0 Å². The predicted molar refractivity (Wildman–Crippen MR) is 204 cm³/mol. The van der Waals surface area contributed by atoms with Gasteiger partial charge >= 0.3 is 5.97 Å². The molecule has 12 nitrogen and oxygen atoms in total. The van der Waals surface area contributed by atoms with Crippen LogP contribution in [0.3, 0.4) is 0 Å². The molecule has 0 amide bonds. The number of esters is 1. The van der Waals surface area contributed by atoms with Gasteiger partial charge in [-0.05, 0) is 85.3 Å². The zero-order valence-electron chi connectivity index (χ0n) is 33.4. The maximum absolute atomic E-state index is 13.9. The maximum atomic E-state index is 13.9. The standard InChI is InChI=1S/C41H63N3O9/c1-12-32-41(8,48)36-27(6)44(39(53-36)42-30-19-15-17-28-16-13-14-18-29(28)30)22-23(2)21-40(7,49-11)35(25(4)33(45)26(5)37(47)51-32)52-38-34(46)31(43(9)10)20-24(3)50-38/h13-19,23-27,31-36,38,45-46,48H,12,20-22H2,1-11H3/t23-,24-,25+,26-,27-,31+,32-,33+,34-,35-,36-,38+,40-,41-/m1/s1. The minimum Gasteiger partial charge on any atom is -0.459 e. The number of aliphatic hydroxyl groups excluding tert-OH is 2. The number of likely N-dealkylation sites (N-methyl/N-ethyl adjacent to an activating group) is 1. The van der Waals surface area contributed by atoms with Crippen LogP contribution in [0.25, 0.3) is 10.8 Å². The van der Waals surface area contributed by atoms with Crippen LogP contribution in [-0.2, 0) is 28.5 Å². The fourth-order valence-corrected chi connectivity index (χ4v) is 8.82. The Morgan fingerprint density at radius 1 is 1.00 bits per heavy atom. The van der Waals surface area contributed by atoms with Crippen LogP contribution in [0.2, 0.25) is 0 Å². The fraction of sp³-hybridized carbons (Fsp3) is 0.707. The van der Waals surface area contributed by atoms with Crippen molar-refractivity contribution in [3.63, 3.8) is 0 Å². The molecule has 296 valence electrons. The smallest absolute Gasteiger partial charge is 0.311 e. The van der Waals surface area contributed by atoms with Crippen molar-refractivity contribution in [1.29, 1.82) is 0 Å². The van der Waals surface area contributed by atoms with Gasteiger partial charge in [0.05, 0.1) is 41.6 Å². The fourth-order valence-electron chi connectivity index (χ4n) is 8.82. The van der Waals surface area contributed by atoms with Crippen LogP contribution in [0.4, 0.5) is 5.69 Å².